The van der Waals surface area contributed by atoms with Gasteiger partial charge in [-0.15, -0.1) is 0 Å². The lowest BCUT2D eigenvalue weighted by atomic mass is 9.88. The summed E-state index contributed by atoms with van der Waals surface area (Å²) in [5, 5.41) is 6.25. The normalized spacial score (nSPS) is 20.0. The number of carbonyl (C=O) groups excluding carboxylic acids is 4. The Balaban J connectivity index is 1.65. The molecule has 47 heavy (non-hydrogen) atoms. The molecule has 0 aliphatic carbocycles. The zero-order valence-electron chi connectivity index (χ0n) is 28.2. The van der Waals surface area contributed by atoms with Gasteiger partial charge in [-0.3, -0.25) is 4.79 Å². The summed E-state index contributed by atoms with van der Waals surface area (Å²) in [6.45, 7) is 7.95. The van der Waals surface area contributed by atoms with Crippen molar-refractivity contribution < 1.29 is 42.9 Å². The fraction of sp³-hybridized carbons (Fsp3) is 0.697. The molecule has 4 amide bonds. The van der Waals surface area contributed by atoms with Gasteiger partial charge in [0.2, 0.25) is 6.29 Å². The SMILES string of the molecule is COC(=O)NCCO[C@@H](c1cccc(Cl)c1)[C@@H]1CCCN(C(=O)NC[C@H](C[C@H]2CCCOC2)N(C)C(=O)O[C@H](C)OC(=O)C(C)C)C1. The third kappa shape index (κ3) is 12.7. The summed E-state index contributed by atoms with van der Waals surface area (Å²) in [4.78, 5) is 53.3. The Morgan fingerprint density at radius 2 is 1.89 bits per heavy atom. The quantitative estimate of drug-likeness (QED) is 0.158. The van der Waals surface area contributed by atoms with Crippen molar-refractivity contribution in [1.82, 2.24) is 20.4 Å². The lowest BCUT2D eigenvalue weighted by Gasteiger charge is -2.38. The molecular formula is C33H51ClN4O9. The molecule has 2 heterocycles. The first-order chi connectivity index (χ1) is 22.5. The number of hydrogen-bond donors (Lipinski definition) is 2. The maximum Gasteiger partial charge on any atom is 0.412 e. The predicted molar refractivity (Wildman–Crippen MR) is 175 cm³/mol. The summed E-state index contributed by atoms with van der Waals surface area (Å²) in [6.07, 6.45) is 1.54. The number of urea groups is 1. The highest BCUT2D eigenvalue weighted by atomic mass is 35.5. The van der Waals surface area contributed by atoms with Crippen LogP contribution in [0.4, 0.5) is 14.4 Å². The first-order valence-corrected chi connectivity index (χ1v) is 16.8. The van der Waals surface area contributed by atoms with Crippen molar-refractivity contribution in [3.63, 3.8) is 0 Å². The molecule has 5 atom stereocenters. The average molecular weight is 683 g/mol. The van der Waals surface area contributed by atoms with Crippen molar-refractivity contribution in [2.45, 2.75) is 71.3 Å². The third-order valence-corrected chi connectivity index (χ3v) is 8.64. The molecule has 1 aromatic rings. The number of hydrogen-bond acceptors (Lipinski definition) is 9. The molecule has 0 unspecified atom stereocenters. The number of nitrogens with one attached hydrogen (secondary N) is 2. The molecule has 1 aromatic carbocycles. The van der Waals surface area contributed by atoms with E-state index in [0.29, 0.717) is 37.7 Å². The smallest absolute Gasteiger partial charge is 0.412 e. The molecule has 2 fully saturated rings. The van der Waals surface area contributed by atoms with Gasteiger partial charge in [0, 0.05) is 64.3 Å². The Hall–Kier alpha value is -3.29. The van der Waals surface area contributed by atoms with Crippen LogP contribution in [0.5, 0.6) is 0 Å². The van der Waals surface area contributed by atoms with Gasteiger partial charge in [-0.2, -0.15) is 0 Å². The number of halogens is 1. The monoisotopic (exact) mass is 682 g/mol. The van der Waals surface area contributed by atoms with Crippen LogP contribution in [0.3, 0.4) is 0 Å². The van der Waals surface area contributed by atoms with E-state index in [-0.39, 0.29) is 55.6 Å². The van der Waals surface area contributed by atoms with Crippen LogP contribution in [0.25, 0.3) is 0 Å². The van der Waals surface area contributed by atoms with Gasteiger partial charge in [0.25, 0.3) is 0 Å². The summed E-state index contributed by atoms with van der Waals surface area (Å²) in [5.41, 5.74) is 0.894. The number of likely N-dealkylation sites (tertiary alicyclic amines) is 1. The van der Waals surface area contributed by atoms with Crippen LogP contribution >= 0.6 is 11.6 Å². The lowest BCUT2D eigenvalue weighted by molar-refractivity contribution is -0.170. The van der Waals surface area contributed by atoms with Gasteiger partial charge in [0.05, 0.1) is 31.8 Å². The number of benzene rings is 1. The molecule has 2 saturated heterocycles. The van der Waals surface area contributed by atoms with E-state index in [9.17, 15) is 19.2 Å². The molecule has 2 aliphatic rings. The second-order valence-corrected chi connectivity index (χ2v) is 12.9. The maximum atomic E-state index is 13.6. The topological polar surface area (TPSA) is 145 Å². The summed E-state index contributed by atoms with van der Waals surface area (Å²) in [7, 11) is 2.93. The van der Waals surface area contributed by atoms with Crippen molar-refractivity contribution in [2.75, 3.05) is 60.2 Å². The Kier molecular flexibility index (Phi) is 15.8. The second-order valence-electron chi connectivity index (χ2n) is 12.4. The molecule has 3 rings (SSSR count). The minimum Gasteiger partial charge on any atom is -0.453 e. The van der Waals surface area contributed by atoms with E-state index in [1.165, 1.54) is 18.9 Å². The highest BCUT2D eigenvalue weighted by Gasteiger charge is 2.33. The van der Waals surface area contributed by atoms with Crippen LogP contribution in [0.15, 0.2) is 24.3 Å². The van der Waals surface area contributed by atoms with E-state index < -0.39 is 24.4 Å². The van der Waals surface area contributed by atoms with E-state index in [1.54, 1.807) is 31.9 Å². The van der Waals surface area contributed by atoms with Crippen molar-refractivity contribution in [2.24, 2.45) is 17.8 Å². The molecular weight excluding hydrogens is 632 g/mol. The van der Waals surface area contributed by atoms with Gasteiger partial charge < -0.3 is 44.1 Å². The molecule has 2 N–H and O–H groups in total. The van der Waals surface area contributed by atoms with Crippen LogP contribution < -0.4 is 10.6 Å². The van der Waals surface area contributed by atoms with Crippen LogP contribution in [0.2, 0.25) is 5.02 Å². The van der Waals surface area contributed by atoms with Crippen molar-refractivity contribution in [3.8, 4) is 0 Å². The molecule has 14 heteroatoms. The number of methoxy groups -OCH3 is 1. The van der Waals surface area contributed by atoms with Crippen molar-refractivity contribution >= 4 is 35.8 Å². The van der Waals surface area contributed by atoms with Crippen LogP contribution in [0.1, 0.15) is 64.5 Å². The van der Waals surface area contributed by atoms with Crippen molar-refractivity contribution in [1.29, 1.82) is 0 Å². The van der Waals surface area contributed by atoms with E-state index >= 15 is 0 Å². The number of nitrogens with zero attached hydrogens (tertiary/aromatic N) is 2. The van der Waals surface area contributed by atoms with Crippen molar-refractivity contribution in [3.05, 3.63) is 34.9 Å². The number of amides is 4. The van der Waals surface area contributed by atoms with Crippen LogP contribution in [-0.2, 0) is 28.5 Å². The van der Waals surface area contributed by atoms with Gasteiger partial charge in [-0.25, -0.2) is 14.4 Å². The van der Waals surface area contributed by atoms with Crippen LogP contribution in [-0.4, -0.2) is 106 Å². The molecule has 0 saturated carbocycles. The summed E-state index contributed by atoms with van der Waals surface area (Å²) >= 11 is 6.31. The number of ether oxygens (including phenoxy) is 5. The lowest BCUT2D eigenvalue weighted by Crippen LogP contribution is -2.52. The molecule has 264 valence electrons. The third-order valence-electron chi connectivity index (χ3n) is 8.41. The average Bonchev–Trinajstić information content (AvgIpc) is 3.06. The highest BCUT2D eigenvalue weighted by Crippen LogP contribution is 2.34. The van der Waals surface area contributed by atoms with Gasteiger partial charge in [0.15, 0.2) is 0 Å². The van der Waals surface area contributed by atoms with Gasteiger partial charge in [-0.1, -0.05) is 37.6 Å². The fourth-order valence-electron chi connectivity index (χ4n) is 5.81. The molecule has 0 aromatic heterocycles. The van der Waals surface area contributed by atoms with Crippen LogP contribution in [0, 0.1) is 17.8 Å². The number of rotatable bonds is 14. The zero-order valence-corrected chi connectivity index (χ0v) is 29.0. The minimum absolute atomic E-state index is 0.0195. The molecule has 0 spiro atoms. The Bertz CT molecular complexity index is 1170. The Labute approximate surface area is 282 Å². The maximum absolute atomic E-state index is 13.6. The predicted octanol–water partition coefficient (Wildman–Crippen LogP) is 4.97. The summed E-state index contributed by atoms with van der Waals surface area (Å²) < 4.78 is 27.2. The highest BCUT2D eigenvalue weighted by molar-refractivity contribution is 6.30. The number of piperidine rings is 1. The van der Waals surface area contributed by atoms with Gasteiger partial charge in [-0.05, 0) is 55.7 Å². The first-order valence-electron chi connectivity index (χ1n) is 16.4. The van der Waals surface area contributed by atoms with Gasteiger partial charge >= 0.3 is 24.2 Å². The standard InChI is InChI=1S/C33H51ClN4O9/c1-22(2)30(39)46-23(3)47-33(42)37(4)28(17-24-9-8-15-44-21-24)19-36-31(40)38-14-7-11-26(20-38)29(25-10-6-12-27(34)18-25)45-16-13-35-32(41)43-5/h6,10,12,18,22-24,26,28-29H,7-9,11,13-17,19-21H2,1-5H3,(H,35,41)(H,36,40)/t23-,24-,26-,28+,29+/m1/s1. The fourth-order valence-corrected chi connectivity index (χ4v) is 6.01. The number of alkyl carbamates (subject to hydrolysis) is 1. The largest absolute Gasteiger partial charge is 0.453 e. The molecule has 0 radical (unpaired) electrons. The van der Waals surface area contributed by atoms with E-state index in [4.69, 9.17) is 30.5 Å². The van der Waals surface area contributed by atoms with E-state index in [1.807, 2.05) is 18.2 Å². The Morgan fingerprint density at radius 3 is 2.57 bits per heavy atom. The molecule has 0 bridgehead atoms. The van der Waals surface area contributed by atoms with E-state index in [0.717, 1.165) is 31.2 Å². The zero-order chi connectivity index (χ0) is 34.3. The number of carbonyl (C=O) groups is 4. The van der Waals surface area contributed by atoms with E-state index in [2.05, 4.69) is 15.4 Å². The minimum atomic E-state index is -1.05. The second kappa shape index (κ2) is 19.5. The molecule has 13 nitrogen and oxygen atoms in total. The van der Waals surface area contributed by atoms with Gasteiger partial charge in [0.1, 0.15) is 0 Å². The summed E-state index contributed by atoms with van der Waals surface area (Å²) in [6, 6.07) is 6.85. The molecule has 2 aliphatic heterocycles. The first kappa shape index (κ1) is 38.2. The number of likely N-dealkylation sites (N-methyl/N-ethyl adjacent to an activating group) is 1. The Morgan fingerprint density at radius 1 is 1.11 bits per heavy atom. The number of esters is 1. The summed E-state index contributed by atoms with van der Waals surface area (Å²) in [5.74, 6) is -0.611.